The Morgan fingerprint density at radius 2 is 1.94 bits per heavy atom. The molecule has 1 atom stereocenters. The van der Waals surface area contributed by atoms with E-state index in [1.165, 1.54) is 5.39 Å². The maximum atomic E-state index is 5.99. The molecular weight excluding hydrogens is 234 g/mol. The van der Waals surface area contributed by atoms with Crippen LogP contribution in [0.2, 0.25) is 0 Å². The summed E-state index contributed by atoms with van der Waals surface area (Å²) < 4.78 is 0. The molecule has 0 spiro atoms. The van der Waals surface area contributed by atoms with Gasteiger partial charge in [-0.3, -0.25) is 4.99 Å². The van der Waals surface area contributed by atoms with Gasteiger partial charge in [0.25, 0.3) is 0 Å². The largest absolute Gasteiger partial charge is 0.342 e. The number of nitrogens with zero attached hydrogens (tertiary/aromatic N) is 1. The SMILES string of the molecule is CN=C(Cl)NC(N)c1ccc2ccccc2c1. The second kappa shape index (κ2) is 5.17. The lowest BCUT2D eigenvalue weighted by Gasteiger charge is -2.14. The van der Waals surface area contributed by atoms with E-state index in [1.807, 2.05) is 30.3 Å². The highest BCUT2D eigenvalue weighted by Crippen LogP contribution is 2.18. The lowest BCUT2D eigenvalue weighted by molar-refractivity contribution is 0.687. The van der Waals surface area contributed by atoms with Crippen molar-refractivity contribution in [2.45, 2.75) is 6.17 Å². The van der Waals surface area contributed by atoms with E-state index in [2.05, 4.69) is 22.4 Å². The number of fused-ring (bicyclic) bond motifs is 1. The fourth-order valence-electron chi connectivity index (χ4n) is 1.68. The molecule has 0 aliphatic carbocycles. The summed E-state index contributed by atoms with van der Waals surface area (Å²) in [6.45, 7) is 0. The summed E-state index contributed by atoms with van der Waals surface area (Å²) in [7, 11) is 1.61. The molecule has 1 unspecified atom stereocenters. The third-order valence-electron chi connectivity index (χ3n) is 2.60. The van der Waals surface area contributed by atoms with Crippen molar-refractivity contribution in [2.75, 3.05) is 7.05 Å². The Bertz CT molecular complexity index is 551. The zero-order valence-corrected chi connectivity index (χ0v) is 10.3. The van der Waals surface area contributed by atoms with Crippen LogP contribution in [0.25, 0.3) is 10.8 Å². The van der Waals surface area contributed by atoms with Gasteiger partial charge < -0.3 is 11.1 Å². The Hall–Kier alpha value is -1.58. The maximum absolute atomic E-state index is 5.99. The second-order valence-corrected chi connectivity index (χ2v) is 4.10. The summed E-state index contributed by atoms with van der Waals surface area (Å²) in [6.07, 6.45) is -0.351. The van der Waals surface area contributed by atoms with E-state index >= 15 is 0 Å². The van der Waals surface area contributed by atoms with E-state index in [4.69, 9.17) is 17.3 Å². The van der Waals surface area contributed by atoms with Gasteiger partial charge >= 0.3 is 0 Å². The molecule has 0 bridgehead atoms. The number of hydrogen-bond acceptors (Lipinski definition) is 2. The Balaban J connectivity index is 2.30. The van der Waals surface area contributed by atoms with E-state index in [-0.39, 0.29) is 6.17 Å². The summed E-state index contributed by atoms with van der Waals surface area (Å²) in [5.41, 5.74) is 6.96. The molecule has 17 heavy (non-hydrogen) atoms. The van der Waals surface area contributed by atoms with Crippen molar-refractivity contribution in [3.63, 3.8) is 0 Å². The van der Waals surface area contributed by atoms with Crippen LogP contribution in [0.3, 0.4) is 0 Å². The van der Waals surface area contributed by atoms with Crippen LogP contribution in [0, 0.1) is 0 Å². The van der Waals surface area contributed by atoms with Crippen LogP contribution in [-0.2, 0) is 0 Å². The molecule has 0 fully saturated rings. The van der Waals surface area contributed by atoms with Crippen LogP contribution >= 0.6 is 11.6 Å². The fourth-order valence-corrected chi connectivity index (χ4v) is 1.79. The highest BCUT2D eigenvalue weighted by molar-refractivity contribution is 6.64. The van der Waals surface area contributed by atoms with Gasteiger partial charge in [-0.25, -0.2) is 0 Å². The van der Waals surface area contributed by atoms with E-state index in [1.54, 1.807) is 7.05 Å². The number of rotatable bonds is 2. The molecule has 0 amide bonds. The Kier molecular flexibility index (Phi) is 3.61. The topological polar surface area (TPSA) is 50.4 Å². The molecule has 0 aromatic heterocycles. The second-order valence-electron chi connectivity index (χ2n) is 3.74. The Morgan fingerprint density at radius 1 is 1.24 bits per heavy atom. The summed E-state index contributed by atoms with van der Waals surface area (Å²) in [4.78, 5) is 3.81. The molecule has 0 aliphatic heterocycles. The van der Waals surface area contributed by atoms with E-state index in [9.17, 15) is 0 Å². The summed E-state index contributed by atoms with van der Waals surface area (Å²) in [5, 5.41) is 5.57. The van der Waals surface area contributed by atoms with Crippen LogP contribution < -0.4 is 11.1 Å². The van der Waals surface area contributed by atoms with Crippen LogP contribution in [0.15, 0.2) is 47.5 Å². The first-order valence-electron chi connectivity index (χ1n) is 5.34. The normalized spacial score (nSPS) is 13.7. The summed E-state index contributed by atoms with van der Waals surface area (Å²) >= 11 is 5.79. The predicted octanol–water partition coefficient (Wildman–Crippen LogP) is 2.61. The van der Waals surface area contributed by atoms with Gasteiger partial charge in [0, 0.05) is 7.05 Å². The number of halogens is 1. The van der Waals surface area contributed by atoms with Crippen molar-refractivity contribution in [1.82, 2.24) is 5.32 Å². The maximum Gasteiger partial charge on any atom is 0.192 e. The molecule has 0 heterocycles. The molecular formula is C13H14ClN3. The molecule has 0 saturated heterocycles. The molecule has 2 aromatic rings. The molecule has 2 rings (SSSR count). The zero-order chi connectivity index (χ0) is 12.3. The monoisotopic (exact) mass is 247 g/mol. The minimum Gasteiger partial charge on any atom is -0.342 e. The molecule has 88 valence electrons. The number of nitrogens with two attached hydrogens (primary N) is 1. The minimum atomic E-state index is -0.351. The van der Waals surface area contributed by atoms with Crippen molar-refractivity contribution in [2.24, 2.45) is 10.7 Å². The molecule has 0 radical (unpaired) electrons. The Morgan fingerprint density at radius 3 is 2.65 bits per heavy atom. The van der Waals surface area contributed by atoms with Gasteiger partial charge in [-0.2, -0.15) is 0 Å². The molecule has 4 heteroatoms. The first kappa shape index (κ1) is 11.9. The molecule has 2 aromatic carbocycles. The molecule has 0 saturated carbocycles. The average molecular weight is 248 g/mol. The fraction of sp³-hybridized carbons (Fsp3) is 0.154. The molecule has 3 N–H and O–H groups in total. The van der Waals surface area contributed by atoms with Crippen LogP contribution in [0.1, 0.15) is 11.7 Å². The number of aliphatic imine (C=N–C) groups is 1. The third-order valence-corrected chi connectivity index (χ3v) is 2.88. The minimum absolute atomic E-state index is 0.311. The standard InChI is InChI=1S/C13H14ClN3/c1-16-13(14)17-12(15)11-7-6-9-4-2-3-5-10(9)8-11/h2-8,12H,15H2,1H3,(H,16,17). The van der Waals surface area contributed by atoms with Crippen molar-refractivity contribution < 1.29 is 0 Å². The summed E-state index contributed by atoms with van der Waals surface area (Å²) in [5.74, 6) is 0. The number of nitrogens with one attached hydrogen (secondary N) is 1. The van der Waals surface area contributed by atoms with Gasteiger partial charge in [0.15, 0.2) is 5.29 Å². The smallest absolute Gasteiger partial charge is 0.192 e. The van der Waals surface area contributed by atoms with Crippen molar-refractivity contribution in [3.8, 4) is 0 Å². The predicted molar refractivity (Wildman–Crippen MR) is 73.2 cm³/mol. The van der Waals surface area contributed by atoms with E-state index in [0.29, 0.717) is 5.29 Å². The highest BCUT2D eigenvalue weighted by atomic mass is 35.5. The van der Waals surface area contributed by atoms with E-state index in [0.717, 1.165) is 10.9 Å². The first-order chi connectivity index (χ1) is 8.20. The average Bonchev–Trinajstić information content (AvgIpc) is 2.38. The molecule has 3 nitrogen and oxygen atoms in total. The number of hydrogen-bond donors (Lipinski definition) is 2. The summed E-state index contributed by atoms with van der Waals surface area (Å²) in [6, 6.07) is 14.2. The number of amidine groups is 1. The van der Waals surface area contributed by atoms with Gasteiger partial charge in [0.1, 0.15) is 6.17 Å². The van der Waals surface area contributed by atoms with E-state index < -0.39 is 0 Å². The van der Waals surface area contributed by atoms with Gasteiger partial charge in [-0.05, 0) is 34.0 Å². The lowest BCUT2D eigenvalue weighted by Crippen LogP contribution is -2.31. The van der Waals surface area contributed by atoms with Crippen molar-refractivity contribution in [1.29, 1.82) is 0 Å². The highest BCUT2D eigenvalue weighted by Gasteiger charge is 2.06. The third kappa shape index (κ3) is 2.75. The van der Waals surface area contributed by atoms with Gasteiger partial charge in [0.05, 0.1) is 0 Å². The Labute approximate surface area is 105 Å². The van der Waals surface area contributed by atoms with Crippen molar-refractivity contribution >= 4 is 27.7 Å². The molecule has 0 aliphatic rings. The van der Waals surface area contributed by atoms with Gasteiger partial charge in [-0.15, -0.1) is 0 Å². The quantitative estimate of drug-likeness (QED) is 0.371. The van der Waals surface area contributed by atoms with Gasteiger partial charge in [-0.1, -0.05) is 36.4 Å². The van der Waals surface area contributed by atoms with Crippen LogP contribution in [0.4, 0.5) is 0 Å². The van der Waals surface area contributed by atoms with Crippen molar-refractivity contribution in [3.05, 3.63) is 48.0 Å². The zero-order valence-electron chi connectivity index (χ0n) is 9.52. The van der Waals surface area contributed by atoms with Gasteiger partial charge in [0.2, 0.25) is 0 Å². The van der Waals surface area contributed by atoms with Crippen LogP contribution in [-0.4, -0.2) is 12.3 Å². The first-order valence-corrected chi connectivity index (χ1v) is 5.71. The van der Waals surface area contributed by atoms with Crippen LogP contribution in [0.5, 0.6) is 0 Å². The number of benzene rings is 2. The lowest BCUT2D eigenvalue weighted by atomic mass is 10.1.